The van der Waals surface area contributed by atoms with E-state index in [9.17, 15) is 8.42 Å². The fourth-order valence-electron chi connectivity index (χ4n) is 1.93. The number of halogens is 1. The van der Waals surface area contributed by atoms with Gasteiger partial charge in [0.05, 0.1) is 22.7 Å². The Hall–Kier alpha value is -1.66. The highest BCUT2D eigenvalue weighted by Crippen LogP contribution is 2.26. The first-order chi connectivity index (χ1) is 9.87. The van der Waals surface area contributed by atoms with E-state index in [0.29, 0.717) is 22.9 Å². The number of hydrogen-bond donors (Lipinski definition) is 2. The van der Waals surface area contributed by atoms with Crippen LogP contribution in [0.1, 0.15) is 12.5 Å². The average Bonchev–Trinajstić information content (AvgIpc) is 2.86. The van der Waals surface area contributed by atoms with Gasteiger partial charge < -0.3 is 9.88 Å². The van der Waals surface area contributed by atoms with Gasteiger partial charge in [0.2, 0.25) is 10.0 Å². The third-order valence-electron chi connectivity index (χ3n) is 2.93. The summed E-state index contributed by atoms with van der Waals surface area (Å²) in [5, 5.41) is 3.76. The zero-order valence-electron chi connectivity index (χ0n) is 11.9. The van der Waals surface area contributed by atoms with Crippen LogP contribution in [0.4, 0.5) is 11.4 Å². The molecule has 2 N–H and O–H groups in total. The Labute approximate surface area is 130 Å². The molecule has 1 aromatic heterocycles. The molecule has 0 spiro atoms. The van der Waals surface area contributed by atoms with Gasteiger partial charge >= 0.3 is 0 Å². The van der Waals surface area contributed by atoms with Crippen molar-refractivity contribution in [2.45, 2.75) is 20.0 Å². The van der Waals surface area contributed by atoms with Crippen LogP contribution in [-0.4, -0.2) is 19.2 Å². The quantitative estimate of drug-likeness (QED) is 0.856. The van der Waals surface area contributed by atoms with Gasteiger partial charge in [0.15, 0.2) is 0 Å². The van der Waals surface area contributed by atoms with Gasteiger partial charge in [-0.15, -0.1) is 0 Å². The molecule has 0 bridgehead atoms. The molecule has 2 aromatic rings. The summed E-state index contributed by atoms with van der Waals surface area (Å²) in [6, 6.07) is 7.00. The molecule has 7 heteroatoms. The number of nitrogens with zero attached hydrogens (tertiary/aromatic N) is 1. The van der Waals surface area contributed by atoms with E-state index in [0.717, 1.165) is 18.4 Å². The zero-order chi connectivity index (χ0) is 15.5. The predicted octanol–water partition coefficient (Wildman–Crippen LogP) is 3.15. The Morgan fingerprint density at radius 1 is 1.29 bits per heavy atom. The maximum atomic E-state index is 11.2. The van der Waals surface area contributed by atoms with Gasteiger partial charge in [0.1, 0.15) is 0 Å². The molecule has 0 amide bonds. The van der Waals surface area contributed by atoms with Gasteiger partial charge in [-0.1, -0.05) is 11.6 Å². The molecule has 21 heavy (non-hydrogen) atoms. The third kappa shape index (κ3) is 4.68. The van der Waals surface area contributed by atoms with Crippen LogP contribution in [-0.2, 0) is 23.1 Å². The smallest absolute Gasteiger partial charge is 0.229 e. The summed E-state index contributed by atoms with van der Waals surface area (Å²) in [4.78, 5) is 0. The second-order valence-corrected chi connectivity index (χ2v) is 6.93. The van der Waals surface area contributed by atoms with E-state index >= 15 is 0 Å². The molecule has 1 aromatic carbocycles. The minimum absolute atomic E-state index is 0.482. The van der Waals surface area contributed by atoms with Crippen molar-refractivity contribution in [1.82, 2.24) is 4.57 Å². The second-order valence-electron chi connectivity index (χ2n) is 4.77. The van der Waals surface area contributed by atoms with Crippen molar-refractivity contribution in [3.8, 4) is 0 Å². The summed E-state index contributed by atoms with van der Waals surface area (Å²) in [7, 11) is -3.30. The first-order valence-electron chi connectivity index (χ1n) is 6.53. The van der Waals surface area contributed by atoms with Crippen LogP contribution in [0.5, 0.6) is 0 Å². The molecular weight excluding hydrogens is 310 g/mol. The molecule has 0 radical (unpaired) electrons. The highest BCUT2D eigenvalue weighted by atomic mass is 35.5. The number of anilines is 2. The lowest BCUT2D eigenvalue weighted by molar-refractivity contribution is 0.607. The van der Waals surface area contributed by atoms with Gasteiger partial charge in [-0.3, -0.25) is 4.72 Å². The summed E-state index contributed by atoms with van der Waals surface area (Å²) in [5.41, 5.74) is 2.31. The van der Waals surface area contributed by atoms with Crippen LogP contribution in [0.2, 0.25) is 5.02 Å². The van der Waals surface area contributed by atoms with Crippen LogP contribution in [0.15, 0.2) is 36.7 Å². The largest absolute Gasteiger partial charge is 0.380 e. The maximum absolute atomic E-state index is 11.2. The highest BCUT2D eigenvalue weighted by Gasteiger charge is 2.06. The van der Waals surface area contributed by atoms with E-state index < -0.39 is 10.0 Å². The molecule has 2 rings (SSSR count). The number of rotatable bonds is 6. The van der Waals surface area contributed by atoms with E-state index in [1.807, 2.05) is 12.3 Å². The lowest BCUT2D eigenvalue weighted by atomic mass is 10.2. The number of benzene rings is 1. The fraction of sp³-hybridized carbons (Fsp3) is 0.286. The predicted molar refractivity (Wildman–Crippen MR) is 87.4 cm³/mol. The van der Waals surface area contributed by atoms with Gasteiger partial charge in [-0.05, 0) is 36.8 Å². The Morgan fingerprint density at radius 2 is 2.05 bits per heavy atom. The number of sulfonamides is 1. The van der Waals surface area contributed by atoms with E-state index in [-0.39, 0.29) is 0 Å². The van der Waals surface area contributed by atoms with Crippen LogP contribution >= 0.6 is 11.6 Å². The van der Waals surface area contributed by atoms with Gasteiger partial charge in [0, 0.05) is 25.5 Å². The summed E-state index contributed by atoms with van der Waals surface area (Å²) in [6.45, 7) is 3.62. The van der Waals surface area contributed by atoms with E-state index in [2.05, 4.69) is 27.7 Å². The third-order valence-corrected chi connectivity index (χ3v) is 3.87. The topological polar surface area (TPSA) is 63.1 Å². The molecule has 1 heterocycles. The molecule has 0 fully saturated rings. The second kappa shape index (κ2) is 6.41. The molecule has 0 aliphatic heterocycles. The summed E-state index contributed by atoms with van der Waals surface area (Å²) < 4.78 is 27.0. The maximum Gasteiger partial charge on any atom is 0.229 e. The number of aryl methyl sites for hydroxylation is 1. The summed E-state index contributed by atoms with van der Waals surface area (Å²) in [5.74, 6) is 0. The van der Waals surface area contributed by atoms with Crippen LogP contribution < -0.4 is 10.0 Å². The lowest BCUT2D eigenvalue weighted by Crippen LogP contribution is -2.10. The van der Waals surface area contributed by atoms with E-state index in [4.69, 9.17) is 11.6 Å². The molecule has 0 saturated heterocycles. The molecule has 114 valence electrons. The lowest BCUT2D eigenvalue weighted by Gasteiger charge is -2.10. The fourth-order valence-corrected chi connectivity index (χ4v) is 2.67. The Balaban J connectivity index is 2.10. The zero-order valence-corrected chi connectivity index (χ0v) is 13.5. The van der Waals surface area contributed by atoms with Crippen molar-refractivity contribution in [3.05, 3.63) is 47.2 Å². The van der Waals surface area contributed by atoms with Crippen molar-refractivity contribution < 1.29 is 8.42 Å². The number of aromatic nitrogens is 1. The monoisotopic (exact) mass is 327 g/mol. The summed E-state index contributed by atoms with van der Waals surface area (Å²) in [6.07, 6.45) is 5.18. The Morgan fingerprint density at radius 3 is 2.67 bits per heavy atom. The minimum atomic E-state index is -3.30. The van der Waals surface area contributed by atoms with Crippen LogP contribution in [0.3, 0.4) is 0 Å². The summed E-state index contributed by atoms with van der Waals surface area (Å²) >= 11 is 6.12. The normalized spacial score (nSPS) is 11.4. The SMILES string of the molecule is CCn1ccc(CNc2cc(NS(C)(=O)=O)ccc2Cl)c1. The molecule has 5 nitrogen and oxygen atoms in total. The molecular formula is C14H18ClN3O2S. The van der Waals surface area contributed by atoms with Crippen molar-refractivity contribution in [3.63, 3.8) is 0 Å². The van der Waals surface area contributed by atoms with Gasteiger partial charge in [-0.25, -0.2) is 8.42 Å². The van der Waals surface area contributed by atoms with Gasteiger partial charge in [-0.2, -0.15) is 0 Å². The van der Waals surface area contributed by atoms with E-state index in [1.165, 1.54) is 0 Å². The molecule has 0 aliphatic rings. The molecule has 0 saturated carbocycles. The first kappa shape index (κ1) is 15.7. The highest BCUT2D eigenvalue weighted by molar-refractivity contribution is 7.92. The molecule has 0 aliphatic carbocycles. The number of hydrogen-bond acceptors (Lipinski definition) is 3. The first-order valence-corrected chi connectivity index (χ1v) is 8.80. The van der Waals surface area contributed by atoms with Crippen LogP contribution in [0, 0.1) is 0 Å². The molecule has 0 unspecified atom stereocenters. The van der Waals surface area contributed by atoms with Crippen molar-refractivity contribution in [2.75, 3.05) is 16.3 Å². The average molecular weight is 328 g/mol. The molecule has 0 atom stereocenters. The van der Waals surface area contributed by atoms with Crippen LogP contribution in [0.25, 0.3) is 0 Å². The number of nitrogens with one attached hydrogen (secondary N) is 2. The van der Waals surface area contributed by atoms with Crippen molar-refractivity contribution in [1.29, 1.82) is 0 Å². The Kier molecular flexibility index (Phi) is 4.80. The standard InChI is InChI=1S/C14H18ClN3O2S/c1-3-18-7-6-11(10-18)9-16-14-8-12(4-5-13(14)15)17-21(2,19)20/h4-8,10,16-17H,3,9H2,1-2H3. The Bertz CT molecular complexity index is 726. The van der Waals surface area contributed by atoms with Crippen molar-refractivity contribution >= 4 is 33.0 Å². The van der Waals surface area contributed by atoms with Crippen molar-refractivity contribution in [2.24, 2.45) is 0 Å². The van der Waals surface area contributed by atoms with E-state index in [1.54, 1.807) is 18.2 Å². The minimum Gasteiger partial charge on any atom is -0.380 e. The van der Waals surface area contributed by atoms with Gasteiger partial charge in [0.25, 0.3) is 0 Å².